The molecule has 0 saturated heterocycles. The summed E-state index contributed by atoms with van der Waals surface area (Å²) in [5, 5.41) is 9.15. The molecule has 0 unspecified atom stereocenters. The molecule has 0 saturated carbocycles. The van der Waals surface area contributed by atoms with Crippen molar-refractivity contribution in [2.45, 2.75) is 25.9 Å². The fourth-order valence-electron chi connectivity index (χ4n) is 1.56. The van der Waals surface area contributed by atoms with Crippen LogP contribution in [-0.2, 0) is 16.8 Å². The minimum Gasteiger partial charge on any atom is -0.395 e. The monoisotopic (exact) mass is 230 g/mol. The van der Waals surface area contributed by atoms with Gasteiger partial charge in [0.25, 0.3) is 0 Å². The van der Waals surface area contributed by atoms with Gasteiger partial charge < -0.3 is 9.84 Å². The summed E-state index contributed by atoms with van der Waals surface area (Å²) >= 11 is 0. The zero-order valence-electron chi connectivity index (χ0n) is 9.68. The van der Waals surface area contributed by atoms with Crippen LogP contribution in [0.2, 0.25) is 0 Å². The van der Waals surface area contributed by atoms with E-state index in [-0.39, 0.29) is 18.8 Å². The van der Waals surface area contributed by atoms with Gasteiger partial charge in [0.1, 0.15) is 11.6 Å². The predicted molar refractivity (Wildman–Crippen MR) is 57.2 cm³/mol. The van der Waals surface area contributed by atoms with Crippen molar-refractivity contribution >= 4 is 0 Å². The van der Waals surface area contributed by atoms with Crippen molar-refractivity contribution in [1.29, 1.82) is 0 Å². The van der Waals surface area contributed by atoms with Crippen LogP contribution in [0.3, 0.4) is 0 Å². The van der Waals surface area contributed by atoms with Crippen molar-refractivity contribution in [2.24, 2.45) is 0 Å². The minimum absolute atomic E-state index is 0.0840. The summed E-state index contributed by atoms with van der Waals surface area (Å²) in [5.74, 6) is -1.28. The zero-order valence-corrected chi connectivity index (χ0v) is 9.68. The van der Waals surface area contributed by atoms with Crippen molar-refractivity contribution < 1.29 is 18.6 Å². The molecule has 0 radical (unpaired) electrons. The summed E-state index contributed by atoms with van der Waals surface area (Å²) < 4.78 is 32.4. The molecule has 0 aliphatic rings. The van der Waals surface area contributed by atoms with Crippen LogP contribution in [0.1, 0.15) is 25.0 Å². The molecular formula is C12H16F2O2. The summed E-state index contributed by atoms with van der Waals surface area (Å²) in [6.07, 6.45) is 0. The van der Waals surface area contributed by atoms with Crippen LogP contribution in [0.5, 0.6) is 0 Å². The standard InChI is InChI=1S/C12H16F2O2/c1-12(2,7-15)10-9(13)5-4-8(6-16-3)11(10)14/h4-5,15H,6-7H2,1-3H3. The third kappa shape index (κ3) is 2.39. The lowest BCUT2D eigenvalue weighted by atomic mass is 9.84. The van der Waals surface area contributed by atoms with E-state index in [0.29, 0.717) is 5.56 Å². The van der Waals surface area contributed by atoms with E-state index >= 15 is 0 Å². The van der Waals surface area contributed by atoms with E-state index in [9.17, 15) is 8.78 Å². The Labute approximate surface area is 93.9 Å². The van der Waals surface area contributed by atoms with Crippen molar-refractivity contribution in [2.75, 3.05) is 13.7 Å². The van der Waals surface area contributed by atoms with Crippen molar-refractivity contribution in [3.8, 4) is 0 Å². The van der Waals surface area contributed by atoms with Crippen molar-refractivity contribution in [3.63, 3.8) is 0 Å². The summed E-state index contributed by atoms with van der Waals surface area (Å²) in [7, 11) is 1.44. The molecule has 1 rings (SSSR count). The largest absolute Gasteiger partial charge is 0.395 e. The molecule has 0 fully saturated rings. The van der Waals surface area contributed by atoms with Crippen LogP contribution in [0.15, 0.2) is 12.1 Å². The first kappa shape index (κ1) is 13.1. The molecule has 0 spiro atoms. The molecular weight excluding hydrogens is 214 g/mol. The van der Waals surface area contributed by atoms with E-state index in [2.05, 4.69) is 0 Å². The summed E-state index contributed by atoms with van der Waals surface area (Å²) in [6.45, 7) is 2.94. The molecule has 0 aliphatic heterocycles. The van der Waals surface area contributed by atoms with Gasteiger partial charge in [-0.2, -0.15) is 0 Å². The average molecular weight is 230 g/mol. The SMILES string of the molecule is COCc1ccc(F)c(C(C)(C)CO)c1F. The molecule has 16 heavy (non-hydrogen) atoms. The van der Waals surface area contributed by atoms with Gasteiger partial charge in [-0.3, -0.25) is 0 Å². The number of hydrogen-bond donors (Lipinski definition) is 1. The fraction of sp³-hybridized carbons (Fsp3) is 0.500. The topological polar surface area (TPSA) is 29.5 Å². The Balaban J connectivity index is 3.31. The van der Waals surface area contributed by atoms with Crippen molar-refractivity contribution in [1.82, 2.24) is 0 Å². The first-order valence-electron chi connectivity index (χ1n) is 5.01. The maximum Gasteiger partial charge on any atom is 0.135 e. The second kappa shape index (κ2) is 4.89. The molecule has 1 aromatic carbocycles. The molecule has 0 aromatic heterocycles. The van der Waals surface area contributed by atoms with E-state index in [4.69, 9.17) is 9.84 Å². The van der Waals surface area contributed by atoms with Gasteiger partial charge in [0.2, 0.25) is 0 Å². The zero-order chi connectivity index (χ0) is 12.3. The van der Waals surface area contributed by atoms with Crippen LogP contribution in [-0.4, -0.2) is 18.8 Å². The number of aliphatic hydroxyl groups is 1. The molecule has 0 heterocycles. The van der Waals surface area contributed by atoms with E-state index in [1.165, 1.54) is 19.2 Å². The van der Waals surface area contributed by atoms with E-state index in [1.54, 1.807) is 13.8 Å². The van der Waals surface area contributed by atoms with Gasteiger partial charge in [-0.15, -0.1) is 0 Å². The molecule has 0 aliphatic carbocycles. The van der Waals surface area contributed by atoms with E-state index < -0.39 is 17.0 Å². The average Bonchev–Trinajstić information content (AvgIpc) is 2.22. The van der Waals surface area contributed by atoms with E-state index in [0.717, 1.165) is 0 Å². The first-order valence-corrected chi connectivity index (χ1v) is 5.01. The number of halogens is 2. The maximum atomic E-state index is 14.0. The molecule has 0 amide bonds. The van der Waals surface area contributed by atoms with Crippen LogP contribution < -0.4 is 0 Å². The Morgan fingerprint density at radius 3 is 2.44 bits per heavy atom. The second-order valence-corrected chi connectivity index (χ2v) is 4.37. The number of hydrogen-bond acceptors (Lipinski definition) is 2. The summed E-state index contributed by atoms with van der Waals surface area (Å²) in [4.78, 5) is 0. The Morgan fingerprint density at radius 2 is 1.94 bits per heavy atom. The molecule has 2 nitrogen and oxygen atoms in total. The molecule has 90 valence electrons. The first-order chi connectivity index (χ1) is 7.44. The number of rotatable bonds is 4. The fourth-order valence-corrected chi connectivity index (χ4v) is 1.56. The lowest BCUT2D eigenvalue weighted by Gasteiger charge is -2.24. The summed E-state index contributed by atoms with van der Waals surface area (Å²) in [5.41, 5.74) is -0.747. The number of ether oxygens (including phenoxy) is 1. The van der Waals surface area contributed by atoms with Crippen LogP contribution in [0, 0.1) is 11.6 Å². The predicted octanol–water partition coefficient (Wildman–Crippen LogP) is 2.38. The second-order valence-electron chi connectivity index (χ2n) is 4.37. The Morgan fingerprint density at radius 1 is 1.31 bits per heavy atom. The summed E-state index contributed by atoms with van der Waals surface area (Å²) in [6, 6.07) is 2.55. The number of aliphatic hydroxyl groups excluding tert-OH is 1. The van der Waals surface area contributed by atoms with Gasteiger partial charge in [0.15, 0.2) is 0 Å². The number of methoxy groups -OCH3 is 1. The molecule has 0 atom stereocenters. The Bertz CT molecular complexity index is 376. The minimum atomic E-state index is -0.947. The molecule has 4 heteroatoms. The van der Waals surface area contributed by atoms with Gasteiger partial charge in [0, 0.05) is 23.7 Å². The third-order valence-corrected chi connectivity index (χ3v) is 2.54. The molecule has 1 aromatic rings. The lowest BCUT2D eigenvalue weighted by Crippen LogP contribution is -2.26. The smallest absolute Gasteiger partial charge is 0.135 e. The molecule has 0 bridgehead atoms. The third-order valence-electron chi connectivity index (χ3n) is 2.54. The quantitative estimate of drug-likeness (QED) is 0.860. The maximum absolute atomic E-state index is 14.0. The highest BCUT2D eigenvalue weighted by molar-refractivity contribution is 5.32. The van der Waals surface area contributed by atoms with Crippen LogP contribution in [0.25, 0.3) is 0 Å². The Kier molecular flexibility index (Phi) is 3.99. The van der Waals surface area contributed by atoms with Gasteiger partial charge in [-0.1, -0.05) is 19.9 Å². The molecule has 1 N–H and O–H groups in total. The highest BCUT2D eigenvalue weighted by Gasteiger charge is 2.28. The van der Waals surface area contributed by atoms with Gasteiger partial charge in [-0.25, -0.2) is 8.78 Å². The Hall–Kier alpha value is -1.00. The van der Waals surface area contributed by atoms with E-state index in [1.807, 2.05) is 0 Å². The van der Waals surface area contributed by atoms with Crippen molar-refractivity contribution in [3.05, 3.63) is 34.9 Å². The van der Waals surface area contributed by atoms with Crippen LogP contribution >= 0.6 is 0 Å². The normalized spacial score (nSPS) is 11.9. The van der Waals surface area contributed by atoms with Crippen LogP contribution in [0.4, 0.5) is 8.78 Å². The number of benzene rings is 1. The van der Waals surface area contributed by atoms with Gasteiger partial charge in [-0.05, 0) is 6.07 Å². The van der Waals surface area contributed by atoms with Gasteiger partial charge in [0.05, 0.1) is 13.2 Å². The van der Waals surface area contributed by atoms with Gasteiger partial charge >= 0.3 is 0 Å². The lowest BCUT2D eigenvalue weighted by molar-refractivity contribution is 0.179. The highest BCUT2D eigenvalue weighted by atomic mass is 19.1. The highest BCUT2D eigenvalue weighted by Crippen LogP contribution is 2.29.